The number of benzene rings is 1. The minimum Gasteiger partial charge on any atom is -0.497 e. The average Bonchev–Trinajstić information content (AvgIpc) is 2.19. The van der Waals surface area contributed by atoms with Crippen molar-refractivity contribution in [3.8, 4) is 5.75 Å². The zero-order valence-corrected chi connectivity index (χ0v) is 8.47. The normalized spacial score (nSPS) is 10.0. The van der Waals surface area contributed by atoms with E-state index in [0.29, 0.717) is 5.88 Å². The van der Waals surface area contributed by atoms with Gasteiger partial charge < -0.3 is 10.1 Å². The number of hydrogen-bond donors (Lipinski definition) is 1. The molecule has 0 saturated heterocycles. The Morgan fingerprint density at radius 2 is 2.31 bits per heavy atom. The van der Waals surface area contributed by atoms with Gasteiger partial charge in [-0.1, -0.05) is 12.1 Å². The first kappa shape index (κ1) is 10.4. The Morgan fingerprint density at radius 3 is 3.00 bits per heavy atom. The average molecular weight is 200 g/mol. The molecule has 2 nitrogen and oxygen atoms in total. The molecule has 0 amide bonds. The maximum Gasteiger partial charge on any atom is 0.119 e. The summed E-state index contributed by atoms with van der Waals surface area (Å²) in [4.78, 5) is 0. The molecule has 0 bridgehead atoms. The van der Waals surface area contributed by atoms with E-state index >= 15 is 0 Å². The van der Waals surface area contributed by atoms with Gasteiger partial charge in [0, 0.05) is 19.0 Å². The van der Waals surface area contributed by atoms with Crippen LogP contribution in [0.4, 0.5) is 0 Å². The first-order valence-corrected chi connectivity index (χ1v) is 4.80. The summed E-state index contributed by atoms with van der Waals surface area (Å²) in [6.07, 6.45) is 0. The molecule has 1 rings (SSSR count). The van der Waals surface area contributed by atoms with Crippen molar-refractivity contribution in [3.05, 3.63) is 29.8 Å². The maximum atomic E-state index is 5.54. The van der Waals surface area contributed by atoms with Crippen molar-refractivity contribution >= 4 is 11.6 Å². The quantitative estimate of drug-likeness (QED) is 0.579. The minimum atomic E-state index is 0.643. The van der Waals surface area contributed by atoms with Gasteiger partial charge in [-0.25, -0.2) is 0 Å². The van der Waals surface area contributed by atoms with Crippen LogP contribution in [0.5, 0.6) is 5.75 Å². The Morgan fingerprint density at radius 1 is 1.46 bits per heavy atom. The predicted molar refractivity (Wildman–Crippen MR) is 55.4 cm³/mol. The lowest BCUT2D eigenvalue weighted by Crippen LogP contribution is -2.15. The summed E-state index contributed by atoms with van der Waals surface area (Å²) in [5, 5.41) is 3.22. The molecule has 0 heterocycles. The Bertz CT molecular complexity index is 252. The van der Waals surface area contributed by atoms with Gasteiger partial charge in [-0.15, -0.1) is 11.6 Å². The standard InChI is InChI=1S/C10H14ClNO/c1-13-10-4-2-3-9(7-10)8-12-6-5-11/h2-4,7,12H,5-6,8H2,1H3. The van der Waals surface area contributed by atoms with Crippen molar-refractivity contribution in [2.24, 2.45) is 0 Å². The van der Waals surface area contributed by atoms with Crippen LogP contribution >= 0.6 is 11.6 Å². The number of ether oxygens (including phenoxy) is 1. The molecular formula is C10H14ClNO. The lowest BCUT2D eigenvalue weighted by molar-refractivity contribution is 0.414. The molecule has 0 aliphatic carbocycles. The van der Waals surface area contributed by atoms with Crippen molar-refractivity contribution in [1.29, 1.82) is 0 Å². The molecule has 1 aromatic rings. The molecule has 0 aromatic heterocycles. The molecule has 0 radical (unpaired) electrons. The smallest absolute Gasteiger partial charge is 0.119 e. The molecular weight excluding hydrogens is 186 g/mol. The summed E-state index contributed by atoms with van der Waals surface area (Å²) >= 11 is 5.54. The van der Waals surface area contributed by atoms with Crippen molar-refractivity contribution in [3.63, 3.8) is 0 Å². The summed E-state index contributed by atoms with van der Waals surface area (Å²) in [7, 11) is 1.67. The van der Waals surface area contributed by atoms with E-state index in [4.69, 9.17) is 16.3 Å². The van der Waals surface area contributed by atoms with E-state index in [-0.39, 0.29) is 0 Å². The minimum absolute atomic E-state index is 0.643. The van der Waals surface area contributed by atoms with Gasteiger partial charge in [0.1, 0.15) is 5.75 Å². The van der Waals surface area contributed by atoms with Crippen LogP contribution in [0.1, 0.15) is 5.56 Å². The van der Waals surface area contributed by atoms with Gasteiger partial charge in [0.15, 0.2) is 0 Å². The Balaban J connectivity index is 2.46. The lowest BCUT2D eigenvalue weighted by Gasteiger charge is -2.04. The molecule has 3 heteroatoms. The second-order valence-electron chi connectivity index (χ2n) is 2.72. The van der Waals surface area contributed by atoms with E-state index in [1.54, 1.807) is 7.11 Å². The highest BCUT2D eigenvalue weighted by Crippen LogP contribution is 2.11. The van der Waals surface area contributed by atoms with E-state index in [2.05, 4.69) is 11.4 Å². The lowest BCUT2D eigenvalue weighted by atomic mass is 10.2. The van der Waals surface area contributed by atoms with Crippen LogP contribution in [0.3, 0.4) is 0 Å². The fourth-order valence-corrected chi connectivity index (χ4v) is 1.22. The van der Waals surface area contributed by atoms with Gasteiger partial charge in [0.25, 0.3) is 0 Å². The molecule has 0 fully saturated rings. The van der Waals surface area contributed by atoms with Gasteiger partial charge in [0.2, 0.25) is 0 Å². The highest BCUT2D eigenvalue weighted by molar-refractivity contribution is 6.18. The number of halogens is 1. The van der Waals surface area contributed by atoms with E-state index in [0.717, 1.165) is 18.8 Å². The largest absolute Gasteiger partial charge is 0.497 e. The predicted octanol–water partition coefficient (Wildman–Crippen LogP) is 2.02. The second kappa shape index (κ2) is 5.84. The zero-order valence-electron chi connectivity index (χ0n) is 7.72. The topological polar surface area (TPSA) is 21.3 Å². The SMILES string of the molecule is COc1cccc(CNCCCl)c1. The Kier molecular flexibility index (Phi) is 4.65. The van der Waals surface area contributed by atoms with E-state index < -0.39 is 0 Å². The number of hydrogen-bond acceptors (Lipinski definition) is 2. The third-order valence-corrected chi connectivity index (χ3v) is 1.92. The molecule has 0 unspecified atom stereocenters. The molecule has 0 aliphatic heterocycles. The molecule has 13 heavy (non-hydrogen) atoms. The van der Waals surface area contributed by atoms with E-state index in [9.17, 15) is 0 Å². The third-order valence-electron chi connectivity index (χ3n) is 1.73. The van der Waals surface area contributed by atoms with E-state index in [1.165, 1.54) is 5.56 Å². The summed E-state index contributed by atoms with van der Waals surface area (Å²) in [5.74, 6) is 1.54. The van der Waals surface area contributed by atoms with Crippen molar-refractivity contribution < 1.29 is 4.74 Å². The van der Waals surface area contributed by atoms with Gasteiger partial charge >= 0.3 is 0 Å². The molecule has 1 N–H and O–H groups in total. The van der Waals surface area contributed by atoms with Crippen LogP contribution < -0.4 is 10.1 Å². The van der Waals surface area contributed by atoms with Crippen molar-refractivity contribution in [2.75, 3.05) is 19.5 Å². The second-order valence-corrected chi connectivity index (χ2v) is 3.10. The fourth-order valence-electron chi connectivity index (χ4n) is 1.08. The highest BCUT2D eigenvalue weighted by atomic mass is 35.5. The van der Waals surface area contributed by atoms with Crippen LogP contribution in [0.15, 0.2) is 24.3 Å². The number of rotatable bonds is 5. The molecule has 0 atom stereocenters. The summed E-state index contributed by atoms with van der Waals surface area (Å²) in [6, 6.07) is 7.99. The first-order chi connectivity index (χ1) is 6.36. The summed E-state index contributed by atoms with van der Waals surface area (Å²) in [5.41, 5.74) is 1.21. The van der Waals surface area contributed by atoms with Crippen LogP contribution in [0.25, 0.3) is 0 Å². The maximum absolute atomic E-state index is 5.54. The highest BCUT2D eigenvalue weighted by Gasteiger charge is 1.94. The fraction of sp³-hybridized carbons (Fsp3) is 0.400. The Hall–Kier alpha value is -0.730. The first-order valence-electron chi connectivity index (χ1n) is 4.26. The van der Waals surface area contributed by atoms with Gasteiger partial charge in [-0.3, -0.25) is 0 Å². The van der Waals surface area contributed by atoms with Crippen molar-refractivity contribution in [1.82, 2.24) is 5.32 Å². The molecule has 1 aromatic carbocycles. The van der Waals surface area contributed by atoms with Crippen molar-refractivity contribution in [2.45, 2.75) is 6.54 Å². The molecule has 72 valence electrons. The summed E-state index contributed by atoms with van der Waals surface area (Å²) in [6.45, 7) is 1.67. The number of methoxy groups -OCH3 is 1. The van der Waals surface area contributed by atoms with Gasteiger partial charge in [-0.2, -0.15) is 0 Å². The van der Waals surface area contributed by atoms with Crippen LogP contribution in [0, 0.1) is 0 Å². The number of nitrogens with one attached hydrogen (secondary N) is 1. The Labute approximate surface area is 83.9 Å². The van der Waals surface area contributed by atoms with E-state index in [1.807, 2.05) is 18.2 Å². The number of alkyl halides is 1. The monoisotopic (exact) mass is 199 g/mol. The summed E-state index contributed by atoms with van der Waals surface area (Å²) < 4.78 is 5.11. The zero-order chi connectivity index (χ0) is 9.52. The van der Waals surface area contributed by atoms with Crippen LogP contribution in [-0.2, 0) is 6.54 Å². The molecule has 0 aliphatic rings. The van der Waals surface area contributed by atoms with Gasteiger partial charge in [0.05, 0.1) is 7.11 Å². The van der Waals surface area contributed by atoms with Crippen LogP contribution in [-0.4, -0.2) is 19.5 Å². The van der Waals surface area contributed by atoms with Gasteiger partial charge in [-0.05, 0) is 17.7 Å². The molecule has 0 spiro atoms. The third kappa shape index (κ3) is 3.66. The molecule has 0 saturated carbocycles. The van der Waals surface area contributed by atoms with Crippen LogP contribution in [0.2, 0.25) is 0 Å².